The van der Waals surface area contributed by atoms with Crippen molar-refractivity contribution in [2.24, 2.45) is 5.84 Å². The number of nitrogens with zero attached hydrogens (tertiary/aromatic N) is 4. The predicted octanol–water partition coefficient (Wildman–Crippen LogP) is 1.26. The lowest BCUT2D eigenvalue weighted by Crippen LogP contribution is -2.22. The molecule has 0 amide bonds. The fourth-order valence-electron chi connectivity index (χ4n) is 1.73. The largest absolute Gasteiger partial charge is 0.341 e. The van der Waals surface area contributed by atoms with Crippen molar-refractivity contribution in [1.29, 1.82) is 0 Å². The van der Waals surface area contributed by atoms with Gasteiger partial charge in [-0.15, -0.1) is 0 Å². The molecule has 2 heterocycles. The first-order valence-electron chi connectivity index (χ1n) is 5.83. The maximum absolute atomic E-state index is 5.39. The monoisotopic (exact) mass is 254 g/mol. The molecule has 0 radical (unpaired) electrons. The maximum Gasteiger partial charge on any atom is 0.242 e. The SMILES string of the molecule is CC(C)Sc1nc(NN)nc(N2CCCC2)n1. The number of thioether (sulfide) groups is 1. The van der Waals surface area contributed by atoms with Crippen LogP contribution in [0, 0.1) is 0 Å². The summed E-state index contributed by atoms with van der Waals surface area (Å²) in [5.41, 5.74) is 2.50. The number of aromatic nitrogens is 3. The molecule has 3 N–H and O–H groups in total. The maximum atomic E-state index is 5.39. The predicted molar refractivity (Wildman–Crippen MR) is 70.1 cm³/mol. The molecule has 0 spiro atoms. The van der Waals surface area contributed by atoms with Gasteiger partial charge in [0, 0.05) is 18.3 Å². The van der Waals surface area contributed by atoms with Gasteiger partial charge in [0.1, 0.15) is 0 Å². The van der Waals surface area contributed by atoms with Crippen LogP contribution in [0.15, 0.2) is 5.16 Å². The van der Waals surface area contributed by atoms with Gasteiger partial charge in [-0.2, -0.15) is 15.0 Å². The van der Waals surface area contributed by atoms with Crippen LogP contribution in [-0.4, -0.2) is 33.3 Å². The minimum absolute atomic E-state index is 0.435. The van der Waals surface area contributed by atoms with E-state index in [1.165, 1.54) is 12.8 Å². The molecule has 0 saturated carbocycles. The van der Waals surface area contributed by atoms with Gasteiger partial charge in [0.15, 0.2) is 5.16 Å². The zero-order chi connectivity index (χ0) is 12.3. The molecule has 1 aliphatic rings. The van der Waals surface area contributed by atoms with Gasteiger partial charge < -0.3 is 4.90 Å². The third-order valence-electron chi connectivity index (χ3n) is 2.46. The summed E-state index contributed by atoms with van der Waals surface area (Å²) in [5.74, 6) is 6.55. The van der Waals surface area contributed by atoms with Crippen LogP contribution in [0.3, 0.4) is 0 Å². The van der Waals surface area contributed by atoms with Gasteiger partial charge >= 0.3 is 0 Å². The van der Waals surface area contributed by atoms with E-state index in [2.05, 4.69) is 39.1 Å². The summed E-state index contributed by atoms with van der Waals surface area (Å²) < 4.78 is 0. The van der Waals surface area contributed by atoms with E-state index in [1.807, 2.05) is 0 Å². The summed E-state index contributed by atoms with van der Waals surface area (Å²) in [4.78, 5) is 15.2. The molecule has 17 heavy (non-hydrogen) atoms. The van der Waals surface area contributed by atoms with Crippen molar-refractivity contribution in [3.05, 3.63) is 0 Å². The fourth-order valence-corrected chi connectivity index (χ4v) is 2.43. The molecule has 1 aromatic rings. The van der Waals surface area contributed by atoms with E-state index in [0.717, 1.165) is 24.2 Å². The zero-order valence-electron chi connectivity index (χ0n) is 10.2. The summed E-state index contributed by atoms with van der Waals surface area (Å²) in [6, 6.07) is 0. The highest BCUT2D eigenvalue weighted by atomic mass is 32.2. The Hall–Kier alpha value is -1.08. The molecule has 6 nitrogen and oxygen atoms in total. The first kappa shape index (κ1) is 12.4. The summed E-state index contributed by atoms with van der Waals surface area (Å²) in [6.07, 6.45) is 2.40. The van der Waals surface area contributed by atoms with E-state index < -0.39 is 0 Å². The van der Waals surface area contributed by atoms with Crippen LogP contribution in [0.2, 0.25) is 0 Å². The molecule has 1 saturated heterocycles. The van der Waals surface area contributed by atoms with Gasteiger partial charge in [-0.25, -0.2) is 5.84 Å². The molecule has 0 aromatic carbocycles. The van der Waals surface area contributed by atoms with Crippen molar-refractivity contribution in [2.45, 2.75) is 37.1 Å². The third-order valence-corrected chi connectivity index (χ3v) is 3.33. The van der Waals surface area contributed by atoms with Crippen molar-refractivity contribution >= 4 is 23.7 Å². The van der Waals surface area contributed by atoms with E-state index >= 15 is 0 Å². The summed E-state index contributed by atoms with van der Waals surface area (Å²) in [6.45, 7) is 6.25. The fraction of sp³-hybridized carbons (Fsp3) is 0.700. The van der Waals surface area contributed by atoms with Crippen LogP contribution >= 0.6 is 11.8 Å². The Bertz CT molecular complexity index is 377. The Morgan fingerprint density at radius 3 is 2.53 bits per heavy atom. The molecular weight excluding hydrogens is 236 g/mol. The van der Waals surface area contributed by atoms with Crippen molar-refractivity contribution < 1.29 is 0 Å². The molecule has 94 valence electrons. The highest BCUT2D eigenvalue weighted by Crippen LogP contribution is 2.23. The van der Waals surface area contributed by atoms with Crippen molar-refractivity contribution in [1.82, 2.24) is 15.0 Å². The van der Waals surface area contributed by atoms with E-state index in [-0.39, 0.29) is 0 Å². The van der Waals surface area contributed by atoms with E-state index in [9.17, 15) is 0 Å². The third kappa shape index (κ3) is 3.19. The number of rotatable bonds is 4. The lowest BCUT2D eigenvalue weighted by Gasteiger charge is -2.16. The Labute approximate surface area is 105 Å². The highest BCUT2D eigenvalue weighted by Gasteiger charge is 2.17. The smallest absolute Gasteiger partial charge is 0.242 e. The Kier molecular flexibility index (Phi) is 4.01. The van der Waals surface area contributed by atoms with Gasteiger partial charge in [-0.3, -0.25) is 5.43 Å². The van der Waals surface area contributed by atoms with Crippen molar-refractivity contribution in [3.63, 3.8) is 0 Å². The first-order chi connectivity index (χ1) is 8.19. The van der Waals surface area contributed by atoms with Crippen molar-refractivity contribution in [3.8, 4) is 0 Å². The van der Waals surface area contributed by atoms with Crippen LogP contribution in [-0.2, 0) is 0 Å². The Morgan fingerprint density at radius 1 is 1.24 bits per heavy atom. The number of hydrazine groups is 1. The van der Waals surface area contributed by atoms with Gasteiger partial charge in [0.2, 0.25) is 11.9 Å². The normalized spacial score (nSPS) is 15.6. The number of nitrogens with one attached hydrogen (secondary N) is 1. The summed E-state index contributed by atoms with van der Waals surface area (Å²) in [7, 11) is 0. The molecule has 1 aromatic heterocycles. The molecular formula is C10H18N6S. The molecule has 1 fully saturated rings. The lowest BCUT2D eigenvalue weighted by molar-refractivity contribution is 0.825. The highest BCUT2D eigenvalue weighted by molar-refractivity contribution is 7.99. The standard InChI is InChI=1S/C10H18N6S/c1-7(2)17-10-13-8(15-11)12-9(14-10)16-5-3-4-6-16/h7H,3-6,11H2,1-2H3,(H,12,13,14,15). The van der Waals surface area contributed by atoms with Crippen LogP contribution in [0.25, 0.3) is 0 Å². The Morgan fingerprint density at radius 2 is 1.94 bits per heavy atom. The van der Waals surface area contributed by atoms with E-state index in [1.54, 1.807) is 11.8 Å². The molecule has 0 aliphatic carbocycles. The molecule has 0 atom stereocenters. The van der Waals surface area contributed by atoms with Crippen LogP contribution in [0.1, 0.15) is 26.7 Å². The number of nitrogen functional groups attached to an aromatic ring is 1. The minimum Gasteiger partial charge on any atom is -0.341 e. The van der Waals surface area contributed by atoms with E-state index in [0.29, 0.717) is 11.2 Å². The second-order valence-corrected chi connectivity index (χ2v) is 5.79. The summed E-state index contributed by atoms with van der Waals surface area (Å²) >= 11 is 1.62. The van der Waals surface area contributed by atoms with Crippen molar-refractivity contribution in [2.75, 3.05) is 23.4 Å². The van der Waals surface area contributed by atoms with Crippen LogP contribution in [0.4, 0.5) is 11.9 Å². The van der Waals surface area contributed by atoms with Gasteiger partial charge in [0.25, 0.3) is 0 Å². The molecule has 0 bridgehead atoms. The molecule has 2 rings (SSSR count). The molecule has 0 unspecified atom stereocenters. The van der Waals surface area contributed by atoms with Crippen LogP contribution < -0.4 is 16.2 Å². The average Bonchev–Trinajstić information content (AvgIpc) is 2.81. The average molecular weight is 254 g/mol. The number of hydrogen-bond donors (Lipinski definition) is 2. The molecule has 7 heteroatoms. The second-order valence-electron chi connectivity index (χ2n) is 4.25. The lowest BCUT2D eigenvalue weighted by atomic mass is 10.4. The van der Waals surface area contributed by atoms with Gasteiger partial charge in [-0.05, 0) is 12.8 Å². The van der Waals surface area contributed by atoms with Gasteiger partial charge in [0.05, 0.1) is 0 Å². The van der Waals surface area contributed by atoms with Crippen LogP contribution in [0.5, 0.6) is 0 Å². The topological polar surface area (TPSA) is 80.0 Å². The Balaban J connectivity index is 2.24. The first-order valence-corrected chi connectivity index (χ1v) is 6.71. The summed E-state index contributed by atoms with van der Waals surface area (Å²) in [5, 5.41) is 1.17. The van der Waals surface area contributed by atoms with Gasteiger partial charge in [-0.1, -0.05) is 25.6 Å². The second kappa shape index (κ2) is 5.50. The van der Waals surface area contributed by atoms with E-state index in [4.69, 9.17) is 5.84 Å². The number of nitrogens with two attached hydrogens (primary N) is 1. The quantitative estimate of drug-likeness (QED) is 0.475. The number of hydrogen-bond acceptors (Lipinski definition) is 7. The number of anilines is 2. The minimum atomic E-state index is 0.435. The zero-order valence-corrected chi connectivity index (χ0v) is 11.0. The molecule has 1 aliphatic heterocycles.